The van der Waals surface area contributed by atoms with Gasteiger partial charge in [-0.1, -0.05) is 6.92 Å². The highest BCUT2D eigenvalue weighted by molar-refractivity contribution is 7.10. The SMILES string of the molecule is CCc1ccsc1CNc1ccnc(NN)c1. The summed E-state index contributed by atoms with van der Waals surface area (Å²) in [5.74, 6) is 5.98. The molecule has 2 heterocycles. The van der Waals surface area contributed by atoms with Crippen LogP contribution in [0.4, 0.5) is 11.5 Å². The highest BCUT2D eigenvalue weighted by atomic mass is 32.1. The number of hydrogen-bond donors (Lipinski definition) is 3. The highest BCUT2D eigenvalue weighted by Gasteiger charge is 2.02. The van der Waals surface area contributed by atoms with Crippen LogP contribution in [0.2, 0.25) is 0 Å². The minimum Gasteiger partial charge on any atom is -0.380 e. The van der Waals surface area contributed by atoms with Gasteiger partial charge in [0.25, 0.3) is 0 Å². The van der Waals surface area contributed by atoms with Gasteiger partial charge in [-0.3, -0.25) is 0 Å². The first-order valence-electron chi connectivity index (χ1n) is 5.55. The number of nitrogens with two attached hydrogens (primary N) is 1. The predicted octanol–water partition coefficient (Wildman–Crippen LogP) is 2.60. The van der Waals surface area contributed by atoms with Crippen LogP contribution < -0.4 is 16.6 Å². The minimum atomic E-state index is 0.664. The zero-order chi connectivity index (χ0) is 12.1. The van der Waals surface area contributed by atoms with E-state index in [1.54, 1.807) is 17.5 Å². The van der Waals surface area contributed by atoms with E-state index in [4.69, 9.17) is 5.84 Å². The Morgan fingerprint density at radius 1 is 1.41 bits per heavy atom. The molecule has 0 unspecified atom stereocenters. The Hall–Kier alpha value is -1.59. The summed E-state index contributed by atoms with van der Waals surface area (Å²) in [5, 5.41) is 5.51. The summed E-state index contributed by atoms with van der Waals surface area (Å²) in [6, 6.07) is 6.00. The standard InChI is InChI=1S/C12H16N4S/c1-2-9-4-6-17-11(9)8-15-10-3-5-14-12(7-10)16-13/h3-7H,2,8,13H2,1H3,(H2,14,15,16). The van der Waals surface area contributed by atoms with Crippen molar-refractivity contribution in [1.29, 1.82) is 0 Å². The van der Waals surface area contributed by atoms with Gasteiger partial charge in [0.15, 0.2) is 0 Å². The lowest BCUT2D eigenvalue weighted by atomic mass is 10.2. The van der Waals surface area contributed by atoms with E-state index < -0.39 is 0 Å². The number of pyridine rings is 1. The molecular weight excluding hydrogens is 232 g/mol. The van der Waals surface area contributed by atoms with Crippen LogP contribution in [-0.4, -0.2) is 4.98 Å². The van der Waals surface area contributed by atoms with Crippen LogP contribution >= 0.6 is 11.3 Å². The van der Waals surface area contributed by atoms with Crippen LogP contribution in [0.3, 0.4) is 0 Å². The number of aromatic nitrogens is 1. The maximum absolute atomic E-state index is 5.32. The smallest absolute Gasteiger partial charge is 0.141 e. The van der Waals surface area contributed by atoms with Crippen LogP contribution in [0, 0.1) is 0 Å². The molecule has 0 aromatic carbocycles. The molecule has 5 heteroatoms. The average molecular weight is 248 g/mol. The lowest BCUT2D eigenvalue weighted by Gasteiger charge is -2.07. The second-order valence-electron chi connectivity index (χ2n) is 3.65. The largest absolute Gasteiger partial charge is 0.380 e. The van der Waals surface area contributed by atoms with E-state index in [2.05, 4.69) is 34.1 Å². The van der Waals surface area contributed by atoms with Gasteiger partial charge in [-0.15, -0.1) is 11.3 Å². The third-order valence-corrected chi connectivity index (χ3v) is 3.54. The molecule has 0 fully saturated rings. The fourth-order valence-electron chi connectivity index (χ4n) is 1.64. The first-order valence-corrected chi connectivity index (χ1v) is 6.43. The van der Waals surface area contributed by atoms with Gasteiger partial charge in [0.1, 0.15) is 5.82 Å². The van der Waals surface area contributed by atoms with Crippen LogP contribution in [0.1, 0.15) is 17.4 Å². The van der Waals surface area contributed by atoms with Gasteiger partial charge in [0.05, 0.1) is 0 Å². The molecule has 4 nitrogen and oxygen atoms in total. The zero-order valence-corrected chi connectivity index (χ0v) is 10.6. The van der Waals surface area contributed by atoms with Crippen molar-refractivity contribution in [1.82, 2.24) is 4.98 Å². The Bertz CT molecular complexity index is 481. The molecule has 0 aliphatic carbocycles. The van der Waals surface area contributed by atoms with Gasteiger partial charge in [0, 0.05) is 29.4 Å². The Balaban J connectivity index is 2.02. The van der Waals surface area contributed by atoms with Crippen molar-refractivity contribution in [2.45, 2.75) is 19.9 Å². The summed E-state index contributed by atoms with van der Waals surface area (Å²) in [7, 11) is 0. The quantitative estimate of drug-likeness (QED) is 0.562. The maximum atomic E-state index is 5.32. The van der Waals surface area contributed by atoms with E-state index >= 15 is 0 Å². The van der Waals surface area contributed by atoms with Crippen LogP contribution in [0.15, 0.2) is 29.8 Å². The molecule has 0 bridgehead atoms. The summed E-state index contributed by atoms with van der Waals surface area (Å²) in [6.07, 6.45) is 2.80. The number of thiophene rings is 1. The van der Waals surface area contributed by atoms with Crippen molar-refractivity contribution in [2.24, 2.45) is 5.84 Å². The number of aryl methyl sites for hydroxylation is 1. The molecule has 0 saturated heterocycles. The van der Waals surface area contributed by atoms with Gasteiger partial charge < -0.3 is 10.7 Å². The number of nitrogen functional groups attached to an aromatic ring is 1. The van der Waals surface area contributed by atoms with E-state index in [0.717, 1.165) is 18.7 Å². The third kappa shape index (κ3) is 2.95. The molecular formula is C12H16N4S. The van der Waals surface area contributed by atoms with Gasteiger partial charge in [-0.25, -0.2) is 10.8 Å². The molecule has 0 radical (unpaired) electrons. The Labute approximate surface area is 105 Å². The Kier molecular flexibility index (Phi) is 3.95. The molecule has 4 N–H and O–H groups in total. The lowest BCUT2D eigenvalue weighted by Crippen LogP contribution is -2.09. The average Bonchev–Trinajstić information content (AvgIpc) is 2.84. The van der Waals surface area contributed by atoms with Crippen LogP contribution in [0.5, 0.6) is 0 Å². The van der Waals surface area contributed by atoms with Crippen molar-refractivity contribution in [2.75, 3.05) is 10.7 Å². The fraction of sp³-hybridized carbons (Fsp3) is 0.250. The van der Waals surface area contributed by atoms with E-state index in [1.165, 1.54) is 10.4 Å². The van der Waals surface area contributed by atoms with Crippen molar-refractivity contribution < 1.29 is 0 Å². The second kappa shape index (κ2) is 5.65. The normalized spacial score (nSPS) is 10.2. The lowest BCUT2D eigenvalue weighted by molar-refractivity contribution is 1.08. The number of nitrogens with one attached hydrogen (secondary N) is 2. The van der Waals surface area contributed by atoms with Gasteiger partial charge >= 0.3 is 0 Å². The first-order chi connectivity index (χ1) is 8.33. The van der Waals surface area contributed by atoms with Crippen molar-refractivity contribution in [3.63, 3.8) is 0 Å². The van der Waals surface area contributed by atoms with Crippen LogP contribution in [0.25, 0.3) is 0 Å². The van der Waals surface area contributed by atoms with Crippen molar-refractivity contribution >= 4 is 22.8 Å². The summed E-state index contributed by atoms with van der Waals surface area (Å²) < 4.78 is 0. The molecule has 0 atom stereocenters. The van der Waals surface area contributed by atoms with Crippen molar-refractivity contribution in [3.8, 4) is 0 Å². The molecule has 0 spiro atoms. The molecule has 90 valence electrons. The summed E-state index contributed by atoms with van der Waals surface area (Å²) >= 11 is 1.78. The molecule has 17 heavy (non-hydrogen) atoms. The molecule has 0 aliphatic rings. The van der Waals surface area contributed by atoms with Gasteiger partial charge in [0.2, 0.25) is 0 Å². The molecule has 2 aromatic heterocycles. The number of hydrazine groups is 1. The summed E-state index contributed by atoms with van der Waals surface area (Å²) in [5.41, 5.74) is 4.96. The molecule has 0 amide bonds. The van der Waals surface area contributed by atoms with Crippen LogP contribution in [-0.2, 0) is 13.0 Å². The van der Waals surface area contributed by atoms with Crippen molar-refractivity contribution in [3.05, 3.63) is 40.2 Å². The van der Waals surface area contributed by atoms with E-state index in [-0.39, 0.29) is 0 Å². The number of hydrogen-bond acceptors (Lipinski definition) is 5. The topological polar surface area (TPSA) is 63.0 Å². The first kappa shape index (κ1) is 11.9. The third-order valence-electron chi connectivity index (χ3n) is 2.58. The highest BCUT2D eigenvalue weighted by Crippen LogP contribution is 2.19. The molecule has 2 aromatic rings. The number of nitrogens with zero attached hydrogens (tertiary/aromatic N) is 1. The predicted molar refractivity (Wildman–Crippen MR) is 73.1 cm³/mol. The van der Waals surface area contributed by atoms with E-state index in [1.807, 2.05) is 12.1 Å². The zero-order valence-electron chi connectivity index (χ0n) is 9.73. The fourth-order valence-corrected chi connectivity index (χ4v) is 2.55. The van der Waals surface area contributed by atoms with Gasteiger partial charge in [-0.05, 0) is 29.5 Å². The summed E-state index contributed by atoms with van der Waals surface area (Å²) in [6.45, 7) is 3.02. The molecule has 0 aliphatic heterocycles. The second-order valence-corrected chi connectivity index (χ2v) is 4.65. The monoisotopic (exact) mass is 248 g/mol. The molecule has 0 saturated carbocycles. The molecule has 2 rings (SSSR count). The maximum Gasteiger partial charge on any atom is 0.141 e. The minimum absolute atomic E-state index is 0.664. The Morgan fingerprint density at radius 2 is 2.29 bits per heavy atom. The number of anilines is 2. The summed E-state index contributed by atoms with van der Waals surface area (Å²) in [4.78, 5) is 5.44. The number of rotatable bonds is 5. The van der Waals surface area contributed by atoms with E-state index in [9.17, 15) is 0 Å². The van der Waals surface area contributed by atoms with E-state index in [0.29, 0.717) is 5.82 Å². The van der Waals surface area contributed by atoms with Gasteiger partial charge in [-0.2, -0.15) is 0 Å². The Morgan fingerprint density at radius 3 is 3.06 bits per heavy atom.